The highest BCUT2D eigenvalue weighted by molar-refractivity contribution is 4.87. The van der Waals surface area contributed by atoms with Crippen molar-refractivity contribution in [1.82, 2.24) is 0 Å². The van der Waals surface area contributed by atoms with Crippen molar-refractivity contribution in [1.29, 1.82) is 0 Å². The van der Waals surface area contributed by atoms with Crippen molar-refractivity contribution >= 4 is 0 Å². The van der Waals surface area contributed by atoms with Crippen LogP contribution < -0.4 is 0 Å². The highest BCUT2D eigenvalue weighted by Gasteiger charge is 2.36. The third-order valence-electron chi connectivity index (χ3n) is 6.83. The van der Waals surface area contributed by atoms with Crippen molar-refractivity contribution in [3.05, 3.63) is 0 Å². The molecule has 4 unspecified atom stereocenters. The van der Waals surface area contributed by atoms with Gasteiger partial charge in [-0.3, -0.25) is 0 Å². The van der Waals surface area contributed by atoms with E-state index in [-0.39, 0.29) is 0 Å². The van der Waals surface area contributed by atoms with Crippen LogP contribution in [0, 0.1) is 29.1 Å². The molecule has 2 fully saturated rings. The summed E-state index contributed by atoms with van der Waals surface area (Å²) in [6.45, 7) is 9.70. The predicted molar refractivity (Wildman–Crippen MR) is 104 cm³/mol. The van der Waals surface area contributed by atoms with E-state index < -0.39 is 0 Å². The Hall–Kier alpha value is 0. The van der Waals surface area contributed by atoms with Crippen LogP contribution in [0.3, 0.4) is 0 Å². The smallest absolute Gasteiger partial charge is 0.0354 e. The number of rotatable bonds is 14. The van der Waals surface area contributed by atoms with Crippen LogP contribution in [0.4, 0.5) is 0 Å². The van der Waals surface area contributed by atoms with Gasteiger partial charge in [0.1, 0.15) is 0 Å². The fraction of sp³-hybridized carbons (Fsp3) is 1.00. The highest BCUT2D eigenvalue weighted by atomic mass is 14.4. The molecule has 0 radical (unpaired) electrons. The van der Waals surface area contributed by atoms with Gasteiger partial charge in [0, 0.05) is 0 Å². The third-order valence-corrected chi connectivity index (χ3v) is 6.83. The third kappa shape index (κ3) is 7.61. The first-order chi connectivity index (χ1) is 11.1. The lowest BCUT2D eigenvalue weighted by molar-refractivity contribution is 0.279. The molecule has 0 saturated heterocycles. The van der Waals surface area contributed by atoms with E-state index in [1.165, 1.54) is 77.0 Å². The van der Waals surface area contributed by atoms with Crippen LogP contribution in [0.2, 0.25) is 0 Å². The Morgan fingerprint density at radius 3 is 1.74 bits per heavy atom. The molecule has 0 spiro atoms. The zero-order chi connectivity index (χ0) is 16.7. The van der Waals surface area contributed by atoms with Gasteiger partial charge in [-0.05, 0) is 54.8 Å². The van der Waals surface area contributed by atoms with Crippen molar-refractivity contribution in [2.75, 3.05) is 0 Å². The molecule has 2 rings (SSSR count). The monoisotopic (exact) mass is 320 g/mol. The largest absolute Gasteiger partial charge is 0.0654 e. The molecule has 23 heavy (non-hydrogen) atoms. The van der Waals surface area contributed by atoms with Crippen molar-refractivity contribution in [2.45, 2.75) is 118 Å². The second kappa shape index (κ2) is 9.47. The molecule has 2 aliphatic carbocycles. The summed E-state index contributed by atoms with van der Waals surface area (Å²) < 4.78 is 0. The lowest BCUT2D eigenvalue weighted by Gasteiger charge is -2.24. The normalized spacial score (nSPS) is 29.7. The average molecular weight is 321 g/mol. The Kier molecular flexibility index (Phi) is 7.96. The lowest BCUT2D eigenvalue weighted by atomic mass is 9.81. The quantitative estimate of drug-likeness (QED) is 0.284. The van der Waals surface area contributed by atoms with E-state index in [4.69, 9.17) is 0 Å². The summed E-state index contributed by atoms with van der Waals surface area (Å²) in [5.74, 6) is 4.47. The molecule has 0 heterocycles. The summed E-state index contributed by atoms with van der Waals surface area (Å²) in [6.07, 6.45) is 20.8. The Morgan fingerprint density at radius 2 is 1.13 bits per heavy atom. The Labute approximate surface area is 147 Å². The van der Waals surface area contributed by atoms with E-state index in [0.717, 1.165) is 23.7 Å². The summed E-state index contributed by atoms with van der Waals surface area (Å²) >= 11 is 0. The molecule has 2 aliphatic rings. The van der Waals surface area contributed by atoms with Gasteiger partial charge in [-0.15, -0.1) is 0 Å². The Bertz CT molecular complexity index is 316. The van der Waals surface area contributed by atoms with E-state index >= 15 is 0 Å². The maximum atomic E-state index is 2.52. The van der Waals surface area contributed by atoms with Crippen LogP contribution in [-0.4, -0.2) is 0 Å². The van der Waals surface area contributed by atoms with Gasteiger partial charge in [0.05, 0.1) is 0 Å². The van der Waals surface area contributed by atoms with Gasteiger partial charge < -0.3 is 0 Å². The predicted octanol–water partition coefficient (Wildman–Crippen LogP) is 8.01. The molecule has 0 aromatic heterocycles. The molecule has 0 heteroatoms. The van der Waals surface area contributed by atoms with Gasteiger partial charge in [-0.2, -0.15) is 0 Å². The van der Waals surface area contributed by atoms with Crippen LogP contribution in [0.15, 0.2) is 0 Å². The minimum Gasteiger partial charge on any atom is -0.0654 e. The van der Waals surface area contributed by atoms with Gasteiger partial charge in [-0.25, -0.2) is 0 Å². The van der Waals surface area contributed by atoms with Gasteiger partial charge in [0.25, 0.3) is 0 Å². The molecular weight excluding hydrogens is 276 g/mol. The molecule has 0 bridgehead atoms. The fourth-order valence-corrected chi connectivity index (χ4v) is 4.85. The molecule has 2 saturated carbocycles. The minimum absolute atomic E-state index is 0.597. The number of hydrogen-bond donors (Lipinski definition) is 0. The van der Waals surface area contributed by atoms with E-state index in [0.29, 0.717) is 5.41 Å². The summed E-state index contributed by atoms with van der Waals surface area (Å²) in [5, 5.41) is 0. The average Bonchev–Trinajstić information content (AvgIpc) is 3.40. The van der Waals surface area contributed by atoms with Crippen molar-refractivity contribution in [3.63, 3.8) is 0 Å². The molecule has 0 aromatic rings. The number of hydrogen-bond acceptors (Lipinski definition) is 0. The van der Waals surface area contributed by atoms with Crippen molar-refractivity contribution < 1.29 is 0 Å². The van der Waals surface area contributed by atoms with Crippen molar-refractivity contribution in [3.8, 4) is 0 Å². The summed E-state index contributed by atoms with van der Waals surface area (Å²) in [4.78, 5) is 0. The van der Waals surface area contributed by atoms with Gasteiger partial charge in [-0.1, -0.05) is 91.9 Å². The molecule has 0 aliphatic heterocycles. The number of unbranched alkanes of at least 4 members (excludes halogenated alkanes) is 2. The van der Waals surface area contributed by atoms with E-state index in [2.05, 4.69) is 27.7 Å². The summed E-state index contributed by atoms with van der Waals surface area (Å²) in [6, 6.07) is 0. The van der Waals surface area contributed by atoms with Crippen LogP contribution in [0.5, 0.6) is 0 Å². The minimum atomic E-state index is 0.597. The zero-order valence-electron chi connectivity index (χ0n) is 16.7. The van der Waals surface area contributed by atoms with E-state index in [1.54, 1.807) is 12.8 Å². The topological polar surface area (TPSA) is 0 Å². The molecule has 0 nitrogen and oxygen atoms in total. The first kappa shape index (κ1) is 19.3. The van der Waals surface area contributed by atoms with E-state index in [9.17, 15) is 0 Å². The summed E-state index contributed by atoms with van der Waals surface area (Å²) in [5.41, 5.74) is 0.597. The summed E-state index contributed by atoms with van der Waals surface area (Å²) in [7, 11) is 0. The van der Waals surface area contributed by atoms with Crippen LogP contribution in [0.25, 0.3) is 0 Å². The lowest BCUT2D eigenvalue weighted by Crippen LogP contribution is -2.11. The maximum Gasteiger partial charge on any atom is -0.0354 e. The van der Waals surface area contributed by atoms with Crippen LogP contribution >= 0.6 is 0 Å². The highest BCUT2D eigenvalue weighted by Crippen LogP contribution is 2.47. The van der Waals surface area contributed by atoms with Crippen molar-refractivity contribution in [2.24, 2.45) is 29.1 Å². The SMILES string of the molecule is CCCCC1CC1CCCC(C)(C)CCCCC1CC1CCC. The Morgan fingerprint density at radius 1 is 0.609 bits per heavy atom. The van der Waals surface area contributed by atoms with Gasteiger partial charge >= 0.3 is 0 Å². The molecule has 136 valence electrons. The fourth-order valence-electron chi connectivity index (χ4n) is 4.85. The van der Waals surface area contributed by atoms with Gasteiger partial charge in [0.2, 0.25) is 0 Å². The second-order valence-electron chi connectivity index (χ2n) is 9.74. The maximum absolute atomic E-state index is 2.52. The van der Waals surface area contributed by atoms with Crippen LogP contribution in [0.1, 0.15) is 118 Å². The van der Waals surface area contributed by atoms with Crippen LogP contribution in [-0.2, 0) is 0 Å². The first-order valence-electron chi connectivity index (χ1n) is 11.1. The standard InChI is InChI=1S/C23H44/c1-5-7-12-20-18-22(20)14-10-16-23(3,4)15-9-8-13-21-17-19(21)11-6-2/h19-22H,5-18H2,1-4H3. The van der Waals surface area contributed by atoms with E-state index in [1.807, 2.05) is 0 Å². The zero-order valence-corrected chi connectivity index (χ0v) is 16.7. The molecule has 0 amide bonds. The first-order valence-corrected chi connectivity index (χ1v) is 11.1. The molecular formula is C23H44. The Balaban J connectivity index is 1.43. The molecule has 0 aromatic carbocycles. The molecule has 4 atom stereocenters. The van der Waals surface area contributed by atoms with Gasteiger partial charge in [0.15, 0.2) is 0 Å². The molecule has 0 N–H and O–H groups in total. The second-order valence-corrected chi connectivity index (χ2v) is 9.74.